The van der Waals surface area contributed by atoms with Crippen molar-refractivity contribution in [1.82, 2.24) is 9.80 Å². The largest absolute Gasteiger partial charge is 0.510 e. The van der Waals surface area contributed by atoms with Crippen molar-refractivity contribution in [2.24, 2.45) is 17.6 Å². The smallest absolute Gasteiger partial charge is 0.255 e. The van der Waals surface area contributed by atoms with Gasteiger partial charge in [0.2, 0.25) is 5.78 Å². The van der Waals surface area contributed by atoms with Crippen molar-refractivity contribution < 1.29 is 34.8 Å². The van der Waals surface area contributed by atoms with E-state index in [0.29, 0.717) is 24.2 Å². The minimum absolute atomic E-state index is 0.0366. The number of nitrogens with two attached hydrogens (primary N) is 1. The van der Waals surface area contributed by atoms with Crippen LogP contribution in [0.2, 0.25) is 0 Å². The van der Waals surface area contributed by atoms with Crippen LogP contribution in [0.15, 0.2) is 40.9 Å². The number of hydrogen-bond acceptors (Lipinski definition) is 10. The summed E-state index contributed by atoms with van der Waals surface area (Å²) in [5.41, 5.74) is 3.74. The van der Waals surface area contributed by atoms with Crippen molar-refractivity contribution in [3.05, 3.63) is 57.6 Å². The Labute approximate surface area is 232 Å². The van der Waals surface area contributed by atoms with Gasteiger partial charge in [0, 0.05) is 56.5 Å². The standard InChI is InChI=1S/C29H36N4O7/c1-31(2)18-12-15(13-33-8-6-5-7-9-33)23(34)20-16(18)10-14-11-17-22(32(3)4)25(36)21(28(30)39)27(38)29(17,40)26(37)19(14)24(20)35/h5-6,12,14,17,22,34,36-37,40H,7-11,13H2,1-4H3,(H2,30,39). The fourth-order valence-corrected chi connectivity index (χ4v) is 6.95. The van der Waals surface area contributed by atoms with Crippen molar-refractivity contribution in [1.29, 1.82) is 0 Å². The molecule has 0 saturated carbocycles. The maximum absolute atomic E-state index is 14.1. The van der Waals surface area contributed by atoms with Crippen LogP contribution >= 0.6 is 0 Å². The molecule has 1 heterocycles. The predicted molar refractivity (Wildman–Crippen MR) is 147 cm³/mol. The molecule has 214 valence electrons. The molecule has 0 bridgehead atoms. The number of Topliss-reactive ketones (excluding diaryl/α,β-unsaturated/α-hetero) is 2. The van der Waals surface area contributed by atoms with E-state index < -0.39 is 58.0 Å². The third kappa shape index (κ3) is 3.94. The van der Waals surface area contributed by atoms with E-state index in [1.807, 2.05) is 25.1 Å². The van der Waals surface area contributed by atoms with Crippen LogP contribution in [0.25, 0.3) is 0 Å². The van der Waals surface area contributed by atoms with E-state index in [9.17, 15) is 34.8 Å². The van der Waals surface area contributed by atoms with Gasteiger partial charge in [-0.15, -0.1) is 0 Å². The van der Waals surface area contributed by atoms with E-state index in [1.54, 1.807) is 14.1 Å². The van der Waals surface area contributed by atoms with Gasteiger partial charge < -0.3 is 31.1 Å². The summed E-state index contributed by atoms with van der Waals surface area (Å²) in [6, 6.07) is 0.863. The van der Waals surface area contributed by atoms with Gasteiger partial charge in [-0.05, 0) is 50.9 Å². The van der Waals surface area contributed by atoms with Gasteiger partial charge in [0.1, 0.15) is 22.8 Å². The predicted octanol–water partition coefficient (Wildman–Crippen LogP) is 0.949. The van der Waals surface area contributed by atoms with Crippen LogP contribution in [0.1, 0.15) is 34.3 Å². The molecule has 0 radical (unpaired) electrons. The molecule has 4 aliphatic rings. The van der Waals surface area contributed by atoms with Crippen molar-refractivity contribution in [3.8, 4) is 5.75 Å². The number of aromatic hydroxyl groups is 1. The first kappa shape index (κ1) is 27.9. The molecule has 11 nitrogen and oxygen atoms in total. The Morgan fingerprint density at radius 2 is 1.85 bits per heavy atom. The van der Waals surface area contributed by atoms with Crippen LogP contribution < -0.4 is 10.6 Å². The van der Waals surface area contributed by atoms with Crippen molar-refractivity contribution >= 4 is 23.2 Å². The molecular weight excluding hydrogens is 516 g/mol. The van der Waals surface area contributed by atoms with Crippen LogP contribution in [0.3, 0.4) is 0 Å². The van der Waals surface area contributed by atoms with E-state index in [-0.39, 0.29) is 29.7 Å². The number of aliphatic hydroxyl groups excluding tert-OH is 2. The van der Waals surface area contributed by atoms with E-state index in [4.69, 9.17) is 5.73 Å². The van der Waals surface area contributed by atoms with Gasteiger partial charge in [0.25, 0.3) is 5.91 Å². The summed E-state index contributed by atoms with van der Waals surface area (Å²) in [5, 5.41) is 45.6. The molecule has 1 amide bonds. The number of anilines is 1. The number of likely N-dealkylation sites (N-methyl/N-ethyl adjacent to an activating group) is 1. The lowest BCUT2D eigenvalue weighted by Gasteiger charge is -2.50. The van der Waals surface area contributed by atoms with E-state index >= 15 is 0 Å². The van der Waals surface area contributed by atoms with Gasteiger partial charge in [0.05, 0.1) is 11.6 Å². The summed E-state index contributed by atoms with van der Waals surface area (Å²) < 4.78 is 0. The molecule has 1 aliphatic heterocycles. The molecule has 5 rings (SSSR count). The number of aliphatic hydroxyl groups is 3. The molecule has 11 heteroatoms. The van der Waals surface area contributed by atoms with Gasteiger partial charge in [-0.2, -0.15) is 0 Å². The molecule has 3 aliphatic carbocycles. The van der Waals surface area contributed by atoms with Gasteiger partial charge >= 0.3 is 0 Å². The Balaban J connectivity index is 1.68. The average Bonchev–Trinajstić information content (AvgIpc) is 2.87. The Hall–Kier alpha value is -3.67. The highest BCUT2D eigenvalue weighted by atomic mass is 16.3. The normalized spacial score (nSPS) is 28.5. The summed E-state index contributed by atoms with van der Waals surface area (Å²) in [4.78, 5) is 45.3. The lowest BCUT2D eigenvalue weighted by molar-refractivity contribution is -0.148. The zero-order chi connectivity index (χ0) is 29.3. The second-order valence-electron chi connectivity index (χ2n) is 11.6. The Kier molecular flexibility index (Phi) is 6.80. The van der Waals surface area contributed by atoms with Crippen LogP contribution in [0.5, 0.6) is 5.75 Å². The van der Waals surface area contributed by atoms with Crippen molar-refractivity contribution in [3.63, 3.8) is 0 Å². The van der Waals surface area contributed by atoms with Crippen molar-refractivity contribution in [2.75, 3.05) is 46.2 Å². The molecule has 4 unspecified atom stereocenters. The van der Waals surface area contributed by atoms with Crippen molar-refractivity contribution in [2.45, 2.75) is 37.5 Å². The topological polar surface area (TPSA) is 168 Å². The summed E-state index contributed by atoms with van der Waals surface area (Å²) in [6.07, 6.45) is 5.34. The molecule has 0 fully saturated rings. The van der Waals surface area contributed by atoms with Gasteiger partial charge in [-0.3, -0.25) is 24.2 Å². The fourth-order valence-electron chi connectivity index (χ4n) is 6.95. The van der Waals surface area contributed by atoms with E-state index in [0.717, 1.165) is 18.7 Å². The zero-order valence-electron chi connectivity index (χ0n) is 23.1. The highest BCUT2D eigenvalue weighted by Crippen LogP contribution is 2.53. The third-order valence-electron chi connectivity index (χ3n) is 8.80. The SMILES string of the molecule is CN(C)c1cc(CN2CC=CCC2)c(O)c2c1CC1CC3C(N(C)C)C(O)=C(C(N)=O)C(=O)C3(O)C(O)=C1C2=O. The maximum Gasteiger partial charge on any atom is 0.255 e. The second kappa shape index (κ2) is 9.76. The lowest BCUT2D eigenvalue weighted by atomic mass is 9.58. The van der Waals surface area contributed by atoms with Gasteiger partial charge in [-0.25, -0.2) is 0 Å². The number of hydrogen-bond donors (Lipinski definition) is 5. The van der Waals surface area contributed by atoms with Crippen LogP contribution in [-0.4, -0.2) is 101 Å². The lowest BCUT2D eigenvalue weighted by Crippen LogP contribution is -2.63. The number of carbonyl (C=O) groups is 3. The minimum atomic E-state index is -2.65. The Morgan fingerprint density at radius 3 is 2.42 bits per heavy atom. The number of carbonyl (C=O) groups excluding carboxylic acids is 3. The minimum Gasteiger partial charge on any atom is -0.510 e. The number of primary amides is 1. The van der Waals surface area contributed by atoms with E-state index in [1.165, 1.54) is 4.90 Å². The molecule has 1 aromatic carbocycles. The fraction of sp³-hybridized carbons (Fsp3) is 0.483. The second-order valence-corrected chi connectivity index (χ2v) is 11.6. The van der Waals surface area contributed by atoms with Crippen LogP contribution in [0, 0.1) is 11.8 Å². The highest BCUT2D eigenvalue weighted by molar-refractivity contribution is 6.24. The Morgan fingerprint density at radius 1 is 1.15 bits per heavy atom. The van der Waals surface area contributed by atoms with E-state index in [2.05, 4.69) is 17.1 Å². The summed E-state index contributed by atoms with van der Waals surface area (Å²) in [5.74, 6) is -6.46. The molecule has 0 aromatic heterocycles. The number of phenols is 1. The number of benzene rings is 1. The maximum atomic E-state index is 14.1. The van der Waals surface area contributed by atoms with Crippen LogP contribution in [0.4, 0.5) is 5.69 Å². The molecule has 40 heavy (non-hydrogen) atoms. The number of fused-ring (bicyclic) bond motifs is 3. The molecular formula is C29H36N4O7. The highest BCUT2D eigenvalue weighted by Gasteiger charge is 2.63. The van der Waals surface area contributed by atoms with Gasteiger partial charge in [0.15, 0.2) is 11.4 Å². The number of nitrogens with zero attached hydrogens (tertiary/aromatic N) is 3. The summed E-state index contributed by atoms with van der Waals surface area (Å²) in [6.45, 7) is 1.92. The zero-order valence-corrected chi connectivity index (χ0v) is 23.1. The average molecular weight is 553 g/mol. The summed E-state index contributed by atoms with van der Waals surface area (Å²) in [7, 11) is 6.91. The number of amides is 1. The van der Waals surface area contributed by atoms with Gasteiger partial charge in [-0.1, -0.05) is 12.2 Å². The molecule has 0 saturated heterocycles. The molecule has 4 atom stereocenters. The number of allylic oxidation sites excluding steroid dienone is 1. The number of phenolic OH excluding ortho intramolecular Hbond substituents is 1. The quantitative estimate of drug-likeness (QED) is 0.262. The monoisotopic (exact) mass is 552 g/mol. The molecule has 0 spiro atoms. The summed E-state index contributed by atoms with van der Waals surface area (Å²) >= 11 is 0. The first-order chi connectivity index (χ1) is 18.8. The molecule has 6 N–H and O–H groups in total. The van der Waals surface area contributed by atoms with Crippen LogP contribution in [-0.2, 0) is 22.6 Å². The third-order valence-corrected chi connectivity index (χ3v) is 8.80. The number of rotatable bonds is 5. The first-order valence-electron chi connectivity index (χ1n) is 13.4. The first-order valence-corrected chi connectivity index (χ1v) is 13.4. The Bertz CT molecular complexity index is 1410. The molecule has 1 aromatic rings. The number of ketones is 2.